The highest BCUT2D eigenvalue weighted by Crippen LogP contribution is 2.23. The molecule has 2 heterocycles. The van der Waals surface area contributed by atoms with E-state index in [0.717, 1.165) is 10.9 Å². The van der Waals surface area contributed by atoms with E-state index in [4.69, 9.17) is 5.73 Å². The van der Waals surface area contributed by atoms with Gasteiger partial charge in [0.05, 0.1) is 6.54 Å². The number of aromatic nitrogens is 1. The number of para-hydroxylation sites is 1. The number of thiol groups is 2. The van der Waals surface area contributed by atoms with Crippen molar-refractivity contribution in [3.63, 3.8) is 0 Å². The van der Waals surface area contributed by atoms with Crippen LogP contribution < -0.4 is 37.6 Å². The zero-order chi connectivity index (χ0) is 45.6. The molecule has 0 aliphatic carbocycles. The summed E-state index contributed by atoms with van der Waals surface area (Å²) in [6.07, 6.45) is 2.85. The fourth-order valence-electron chi connectivity index (χ4n) is 7.12. The van der Waals surface area contributed by atoms with Crippen LogP contribution in [-0.2, 0) is 44.8 Å². The summed E-state index contributed by atoms with van der Waals surface area (Å²) in [7, 11) is 0. The van der Waals surface area contributed by atoms with E-state index >= 15 is 0 Å². The molecular formula is C41H63N9O9S2. The number of benzene rings is 1. The fraction of sp³-hybridized carbons (Fsp3) is 0.610. The molecule has 0 saturated carbocycles. The van der Waals surface area contributed by atoms with Crippen LogP contribution in [-0.4, -0.2) is 129 Å². The van der Waals surface area contributed by atoms with Crippen molar-refractivity contribution in [1.29, 1.82) is 0 Å². The van der Waals surface area contributed by atoms with Gasteiger partial charge in [-0.05, 0) is 55.1 Å². The molecule has 61 heavy (non-hydrogen) atoms. The Morgan fingerprint density at radius 2 is 1.33 bits per heavy atom. The number of nitrogens with zero attached hydrogens (tertiary/aromatic N) is 1. The molecule has 1 fully saturated rings. The van der Waals surface area contributed by atoms with Gasteiger partial charge in [0.15, 0.2) is 0 Å². The Labute approximate surface area is 367 Å². The maximum absolute atomic E-state index is 14.4. The molecule has 1 aromatic carbocycles. The molecule has 10 N–H and O–H groups in total. The van der Waals surface area contributed by atoms with E-state index in [0.29, 0.717) is 12.0 Å². The summed E-state index contributed by atoms with van der Waals surface area (Å²) >= 11 is 8.20. The van der Waals surface area contributed by atoms with Crippen molar-refractivity contribution in [3.05, 3.63) is 36.0 Å². The first-order valence-electron chi connectivity index (χ1n) is 20.6. The van der Waals surface area contributed by atoms with Crippen LogP contribution in [0.25, 0.3) is 10.9 Å². The van der Waals surface area contributed by atoms with Crippen molar-refractivity contribution in [2.75, 3.05) is 24.6 Å². The van der Waals surface area contributed by atoms with E-state index in [9.17, 15) is 43.5 Å². The van der Waals surface area contributed by atoms with Gasteiger partial charge in [-0.15, -0.1) is 0 Å². The van der Waals surface area contributed by atoms with Crippen molar-refractivity contribution in [2.45, 2.75) is 116 Å². The van der Waals surface area contributed by atoms with Crippen LogP contribution in [0.1, 0.15) is 72.8 Å². The average Bonchev–Trinajstić information content (AvgIpc) is 3.87. The van der Waals surface area contributed by atoms with Gasteiger partial charge < -0.3 is 52.6 Å². The number of nitrogens with one attached hydrogen (secondary N) is 7. The summed E-state index contributed by atoms with van der Waals surface area (Å²) in [4.78, 5) is 111. The van der Waals surface area contributed by atoms with Gasteiger partial charge >= 0.3 is 5.97 Å². The lowest BCUT2D eigenvalue weighted by atomic mass is 9.98. The van der Waals surface area contributed by atoms with Gasteiger partial charge in [-0.3, -0.25) is 33.6 Å². The number of carboxylic acids is 1. The summed E-state index contributed by atoms with van der Waals surface area (Å²) in [5, 5.41) is 26.4. The number of fused-ring (bicyclic) bond motifs is 1. The number of hydrogen-bond donors (Lipinski definition) is 11. The smallest absolute Gasteiger partial charge is 0.327 e. The molecule has 7 amide bonds. The predicted molar refractivity (Wildman–Crippen MR) is 236 cm³/mol. The largest absolute Gasteiger partial charge is 0.480 e. The lowest BCUT2D eigenvalue weighted by molar-refractivity contribution is -0.143. The molecule has 1 saturated heterocycles. The fourth-order valence-corrected chi connectivity index (χ4v) is 7.63. The lowest BCUT2D eigenvalue weighted by Crippen LogP contribution is -2.61. The highest BCUT2D eigenvalue weighted by atomic mass is 32.1. The van der Waals surface area contributed by atoms with E-state index in [1.807, 2.05) is 52.0 Å². The quantitative estimate of drug-likeness (QED) is 0.0678. The van der Waals surface area contributed by atoms with Crippen LogP contribution in [0.15, 0.2) is 30.5 Å². The summed E-state index contributed by atoms with van der Waals surface area (Å²) in [6, 6.07) is -0.505. The van der Waals surface area contributed by atoms with Crippen LogP contribution in [0.5, 0.6) is 0 Å². The molecule has 3 rings (SSSR count). The first-order valence-corrected chi connectivity index (χ1v) is 21.9. The first-order chi connectivity index (χ1) is 28.8. The molecule has 18 nitrogen and oxygen atoms in total. The third kappa shape index (κ3) is 14.7. The Bertz CT molecular complexity index is 1870. The van der Waals surface area contributed by atoms with E-state index in [1.54, 1.807) is 20.0 Å². The monoisotopic (exact) mass is 889 g/mol. The van der Waals surface area contributed by atoms with E-state index in [1.165, 1.54) is 4.90 Å². The number of aromatic amines is 1. The second kappa shape index (κ2) is 24.0. The normalized spacial score (nSPS) is 16.9. The van der Waals surface area contributed by atoms with E-state index in [2.05, 4.69) is 62.1 Å². The molecule has 7 atom stereocenters. The maximum atomic E-state index is 14.4. The van der Waals surface area contributed by atoms with Crippen molar-refractivity contribution in [2.24, 2.45) is 23.5 Å². The lowest BCUT2D eigenvalue weighted by Gasteiger charge is -2.32. The number of hydrogen-bond acceptors (Lipinski definition) is 11. The van der Waals surface area contributed by atoms with Crippen molar-refractivity contribution in [3.8, 4) is 0 Å². The van der Waals surface area contributed by atoms with Crippen molar-refractivity contribution < 1.29 is 43.5 Å². The highest BCUT2D eigenvalue weighted by molar-refractivity contribution is 7.80. The summed E-state index contributed by atoms with van der Waals surface area (Å²) < 4.78 is 0. The number of carbonyl (C=O) groups excluding carboxylic acids is 7. The van der Waals surface area contributed by atoms with Gasteiger partial charge in [0.2, 0.25) is 41.4 Å². The third-order valence-corrected chi connectivity index (χ3v) is 11.0. The summed E-state index contributed by atoms with van der Waals surface area (Å²) in [5.74, 6) is -6.52. The highest BCUT2D eigenvalue weighted by Gasteiger charge is 2.40. The summed E-state index contributed by atoms with van der Waals surface area (Å²) in [6.45, 7) is 10.8. The minimum Gasteiger partial charge on any atom is -0.480 e. The molecule has 0 radical (unpaired) electrons. The Morgan fingerprint density at radius 1 is 0.754 bits per heavy atom. The number of H-pyrrole nitrogens is 1. The SMILES string of the molecule is CC(C)C[C@H](NC(=O)[C@@H](CC(C)C)NC(=O)[C@@H](NC(=O)[C@H](CS)NC(=O)CN)C(C)C)C(=O)N1CCC[C@H]1C(=O)N[C@@H](Cc1c[nH]c2ccccc12)C(=O)N[C@@H](CS)C(=O)O. The van der Waals surface area contributed by atoms with Gasteiger partial charge in [-0.2, -0.15) is 25.3 Å². The molecule has 1 aromatic heterocycles. The Hall–Kier alpha value is -4.82. The molecule has 1 aliphatic rings. The van der Waals surface area contributed by atoms with Crippen LogP contribution >= 0.6 is 25.3 Å². The Kier molecular flexibility index (Phi) is 19.9. The van der Waals surface area contributed by atoms with Crippen LogP contribution in [0.2, 0.25) is 0 Å². The second-order valence-corrected chi connectivity index (χ2v) is 17.2. The van der Waals surface area contributed by atoms with Crippen LogP contribution in [0.4, 0.5) is 0 Å². The zero-order valence-electron chi connectivity index (χ0n) is 35.7. The number of amides is 7. The predicted octanol–water partition coefficient (Wildman–Crippen LogP) is 0.261. The topological polar surface area (TPSA) is 274 Å². The van der Waals surface area contributed by atoms with Crippen molar-refractivity contribution >= 4 is 83.5 Å². The Morgan fingerprint density at radius 3 is 1.92 bits per heavy atom. The Balaban J connectivity index is 1.83. The average molecular weight is 890 g/mol. The van der Waals surface area contributed by atoms with Gasteiger partial charge in [-0.1, -0.05) is 59.7 Å². The van der Waals surface area contributed by atoms with Gasteiger partial charge in [0.1, 0.15) is 42.3 Å². The second-order valence-electron chi connectivity index (χ2n) is 16.5. The molecule has 20 heteroatoms. The molecule has 0 spiro atoms. The molecule has 0 unspecified atom stereocenters. The number of aliphatic carboxylic acids is 1. The number of carboxylic acid groups (broad SMARTS) is 1. The van der Waals surface area contributed by atoms with Crippen molar-refractivity contribution in [1.82, 2.24) is 41.8 Å². The maximum Gasteiger partial charge on any atom is 0.327 e. The van der Waals surface area contributed by atoms with Crippen LogP contribution in [0, 0.1) is 17.8 Å². The molecule has 2 aromatic rings. The minimum atomic E-state index is -1.32. The van der Waals surface area contributed by atoms with Gasteiger partial charge in [-0.25, -0.2) is 4.79 Å². The van der Waals surface area contributed by atoms with E-state index < -0.39 is 95.5 Å². The molecule has 0 bridgehead atoms. The molecule has 1 aliphatic heterocycles. The third-order valence-electron chi connectivity index (χ3n) is 10.3. The standard InChI is InChI=1S/C41H63N9O9S2/c1-21(2)14-27(46-39(56)34(23(5)6)49-37(54)30(19-60)44-33(51)17-42)35(52)47-29(15-22(3)4)40(57)50-13-9-12-32(50)38(55)45-28(36(53)48-31(20-61)41(58)59)16-24-18-43-26-11-8-7-10-25(24)26/h7-8,10-11,18,21-23,27-32,34,43,60-61H,9,12-17,19-20,42H2,1-6H3,(H,44,51)(H,45,55)(H,46,56)(H,47,52)(H,48,53)(H,49,54)(H,58,59)/t27-,28+,29+,30+,31+,32+,34+/m1/s1. The number of carbonyl (C=O) groups is 8. The van der Waals surface area contributed by atoms with E-state index in [-0.39, 0.29) is 62.1 Å². The number of rotatable bonds is 23. The van der Waals surface area contributed by atoms with Gasteiger partial charge in [0, 0.05) is 41.6 Å². The zero-order valence-corrected chi connectivity index (χ0v) is 37.4. The van der Waals surface area contributed by atoms with Crippen LogP contribution in [0.3, 0.4) is 0 Å². The molecule has 338 valence electrons. The minimum absolute atomic E-state index is 0.0120. The molecular weight excluding hydrogens is 827 g/mol. The number of likely N-dealkylation sites (tertiary alicyclic amines) is 1. The first kappa shape index (κ1) is 50.5. The van der Waals surface area contributed by atoms with Gasteiger partial charge in [0.25, 0.3) is 0 Å². The number of nitrogens with two attached hydrogens (primary N) is 1. The summed E-state index contributed by atoms with van der Waals surface area (Å²) in [5.41, 5.74) is 6.89.